The Morgan fingerprint density at radius 2 is 1.78 bits per heavy atom. The molecule has 2 rings (SSSR count). The van der Waals surface area contributed by atoms with Gasteiger partial charge in [0.25, 0.3) is 0 Å². The van der Waals surface area contributed by atoms with Crippen LogP contribution < -0.4 is 0 Å². The summed E-state index contributed by atoms with van der Waals surface area (Å²) in [6.45, 7) is 4.64. The second kappa shape index (κ2) is 5.88. The quantitative estimate of drug-likeness (QED) is 0.720. The molecule has 2 heterocycles. The van der Waals surface area contributed by atoms with E-state index in [9.17, 15) is 16.8 Å². The third-order valence-electron chi connectivity index (χ3n) is 3.38. The average molecular weight is 297 g/mol. The van der Waals surface area contributed by atoms with Crippen LogP contribution in [0.3, 0.4) is 0 Å². The summed E-state index contributed by atoms with van der Waals surface area (Å²) in [6, 6.07) is 0.218. The Morgan fingerprint density at radius 3 is 1.94 bits per heavy atom. The molecule has 0 aliphatic carbocycles. The van der Waals surface area contributed by atoms with Gasteiger partial charge in [0.1, 0.15) is 0 Å². The van der Waals surface area contributed by atoms with Gasteiger partial charge in [-0.3, -0.25) is 0 Å². The molecule has 2 saturated heterocycles. The molecule has 18 heavy (non-hydrogen) atoms. The molecule has 0 bridgehead atoms. The second-order valence-electron chi connectivity index (χ2n) is 5.37. The Bertz CT molecular complexity index is 469. The molecule has 0 N–H and O–H groups in total. The molecular weight excluding hydrogens is 274 g/mol. The van der Waals surface area contributed by atoms with Gasteiger partial charge in [0, 0.05) is 12.6 Å². The molecule has 0 aromatic carbocycles. The lowest BCUT2D eigenvalue weighted by Gasteiger charge is -2.17. The van der Waals surface area contributed by atoms with E-state index in [-0.39, 0.29) is 6.04 Å². The number of sulfonamides is 1. The molecule has 0 spiro atoms. The molecule has 108 valence electrons. The average Bonchev–Trinajstić information content (AvgIpc) is 2.72. The van der Waals surface area contributed by atoms with Crippen LogP contribution >= 0.6 is 0 Å². The van der Waals surface area contributed by atoms with Gasteiger partial charge in [0.15, 0.2) is 9.84 Å². The van der Waals surface area contributed by atoms with Crippen LogP contribution in [0.15, 0.2) is 0 Å². The van der Waals surface area contributed by atoms with Gasteiger partial charge in [0.2, 0.25) is 10.0 Å². The van der Waals surface area contributed by atoms with Crippen LogP contribution in [0.1, 0.15) is 33.1 Å². The van der Waals surface area contributed by atoms with Crippen LogP contribution in [0.2, 0.25) is 0 Å². The van der Waals surface area contributed by atoms with E-state index in [2.05, 4.69) is 0 Å². The maximum absolute atomic E-state index is 11.0. The van der Waals surface area contributed by atoms with Gasteiger partial charge in [-0.25, -0.2) is 16.8 Å². The molecule has 7 heteroatoms. The summed E-state index contributed by atoms with van der Waals surface area (Å²) < 4.78 is 44.8. The molecule has 2 atom stereocenters. The van der Waals surface area contributed by atoms with E-state index in [1.165, 1.54) is 6.26 Å². The second-order valence-corrected chi connectivity index (χ2v) is 9.54. The minimum Gasteiger partial charge on any atom is -0.229 e. The first-order chi connectivity index (χ1) is 8.12. The normalized spacial score (nSPS) is 31.9. The molecule has 2 fully saturated rings. The lowest BCUT2D eigenvalue weighted by molar-refractivity contribution is 0.412. The largest absolute Gasteiger partial charge is 0.229 e. The van der Waals surface area contributed by atoms with Crippen molar-refractivity contribution in [3.05, 3.63) is 0 Å². The van der Waals surface area contributed by atoms with Crippen LogP contribution in [0, 0.1) is 5.92 Å². The Kier molecular flexibility index (Phi) is 5.20. The number of hydrogen-bond acceptors (Lipinski definition) is 4. The molecule has 5 nitrogen and oxygen atoms in total. The molecule has 2 aliphatic heterocycles. The van der Waals surface area contributed by atoms with Crippen LogP contribution in [0.5, 0.6) is 0 Å². The van der Waals surface area contributed by atoms with Gasteiger partial charge in [-0.2, -0.15) is 4.31 Å². The zero-order chi connectivity index (χ0) is 14.0. The smallest absolute Gasteiger partial charge is 0.211 e. The predicted octanol–water partition coefficient (Wildman–Crippen LogP) is 0.871. The maximum Gasteiger partial charge on any atom is 0.211 e. The van der Waals surface area contributed by atoms with Gasteiger partial charge in [-0.15, -0.1) is 0 Å². The fourth-order valence-corrected chi connectivity index (χ4v) is 5.56. The van der Waals surface area contributed by atoms with E-state index in [0.29, 0.717) is 24.0 Å². The first kappa shape index (κ1) is 15.9. The summed E-state index contributed by atoms with van der Waals surface area (Å²) in [7, 11) is -5.51. The van der Waals surface area contributed by atoms with Crippen molar-refractivity contribution >= 4 is 19.9 Å². The van der Waals surface area contributed by atoms with Crippen molar-refractivity contribution in [2.24, 2.45) is 5.92 Å². The molecule has 0 amide bonds. The summed E-state index contributed by atoms with van der Waals surface area (Å²) in [5, 5.41) is 0. The highest BCUT2D eigenvalue weighted by Gasteiger charge is 2.27. The monoisotopic (exact) mass is 297 g/mol. The topological polar surface area (TPSA) is 71.5 Å². The third kappa shape index (κ3) is 4.85. The standard InChI is InChI=1S/C6H13NO2S.C5H10O2S/c1-6-4-3-5-7(6)10(2,8)9;1-5-2-3-8(6,7)4-5/h6H,3-5H2,1-2H3;5H,2-4H2,1H3. The Morgan fingerprint density at radius 1 is 1.17 bits per heavy atom. The van der Waals surface area contributed by atoms with Crippen molar-refractivity contribution in [2.45, 2.75) is 39.2 Å². The van der Waals surface area contributed by atoms with Crippen molar-refractivity contribution in [3.63, 3.8) is 0 Å². The zero-order valence-electron chi connectivity index (χ0n) is 11.3. The minimum atomic E-state index is -2.92. The molecule has 2 unspecified atom stereocenters. The van der Waals surface area contributed by atoms with E-state index in [0.717, 1.165) is 19.3 Å². The van der Waals surface area contributed by atoms with E-state index in [1.807, 2.05) is 13.8 Å². The van der Waals surface area contributed by atoms with Crippen LogP contribution in [0.4, 0.5) is 0 Å². The molecule has 0 aromatic heterocycles. The number of hydrogen-bond donors (Lipinski definition) is 0. The van der Waals surface area contributed by atoms with Crippen molar-refractivity contribution in [3.8, 4) is 0 Å². The van der Waals surface area contributed by atoms with Gasteiger partial charge in [-0.05, 0) is 32.1 Å². The number of nitrogens with zero attached hydrogens (tertiary/aromatic N) is 1. The predicted molar refractivity (Wildman–Crippen MR) is 72.7 cm³/mol. The van der Waals surface area contributed by atoms with E-state index >= 15 is 0 Å². The summed E-state index contributed by atoms with van der Waals surface area (Å²) >= 11 is 0. The first-order valence-corrected chi connectivity index (χ1v) is 9.96. The van der Waals surface area contributed by atoms with Crippen molar-refractivity contribution in [1.29, 1.82) is 0 Å². The summed E-state index contributed by atoms with van der Waals surface area (Å²) in [6.07, 6.45) is 4.15. The minimum absolute atomic E-state index is 0.218. The number of sulfone groups is 1. The van der Waals surface area contributed by atoms with Gasteiger partial charge in [-0.1, -0.05) is 6.92 Å². The van der Waals surface area contributed by atoms with Crippen molar-refractivity contribution in [2.75, 3.05) is 24.3 Å². The number of rotatable bonds is 1. The van der Waals surface area contributed by atoms with Crippen molar-refractivity contribution in [1.82, 2.24) is 4.31 Å². The maximum atomic E-state index is 11.0. The SMILES string of the molecule is CC1CCCN1S(C)(=O)=O.CC1CCS(=O)(=O)C1. The van der Waals surface area contributed by atoms with Crippen LogP contribution in [-0.2, 0) is 19.9 Å². The fourth-order valence-electron chi connectivity index (χ4n) is 2.38. The summed E-state index contributed by atoms with van der Waals surface area (Å²) in [5.74, 6) is 1.22. The molecule has 0 saturated carbocycles. The Hall–Kier alpha value is -0.140. The van der Waals surface area contributed by atoms with E-state index in [4.69, 9.17) is 0 Å². The lowest BCUT2D eigenvalue weighted by Crippen LogP contribution is -2.32. The fraction of sp³-hybridized carbons (Fsp3) is 1.00. The summed E-state index contributed by atoms with van der Waals surface area (Å²) in [5.41, 5.74) is 0. The van der Waals surface area contributed by atoms with Gasteiger partial charge >= 0.3 is 0 Å². The lowest BCUT2D eigenvalue weighted by atomic mass is 10.2. The van der Waals surface area contributed by atoms with Crippen LogP contribution in [0.25, 0.3) is 0 Å². The highest BCUT2D eigenvalue weighted by molar-refractivity contribution is 7.91. The van der Waals surface area contributed by atoms with Crippen molar-refractivity contribution < 1.29 is 16.8 Å². The first-order valence-electron chi connectivity index (χ1n) is 6.29. The molecule has 0 aromatic rings. The molecule has 2 aliphatic rings. The zero-order valence-corrected chi connectivity index (χ0v) is 12.9. The molecular formula is C11H23NO4S2. The Labute approximate surface area is 111 Å². The van der Waals surface area contributed by atoms with E-state index < -0.39 is 19.9 Å². The van der Waals surface area contributed by atoms with E-state index in [1.54, 1.807) is 4.31 Å². The van der Waals surface area contributed by atoms with Gasteiger partial charge < -0.3 is 0 Å². The highest BCUT2D eigenvalue weighted by Crippen LogP contribution is 2.18. The highest BCUT2D eigenvalue weighted by atomic mass is 32.2. The van der Waals surface area contributed by atoms with Crippen LogP contribution in [-0.4, -0.2) is 51.5 Å². The Balaban J connectivity index is 0.000000184. The third-order valence-corrected chi connectivity index (χ3v) is 6.71. The van der Waals surface area contributed by atoms with Gasteiger partial charge in [0.05, 0.1) is 17.8 Å². The summed E-state index contributed by atoms with van der Waals surface area (Å²) in [4.78, 5) is 0. The molecule has 0 radical (unpaired) electrons.